The Balaban J connectivity index is 1.54. The number of rotatable bonds is 4. The van der Waals surface area contributed by atoms with Gasteiger partial charge in [0.05, 0.1) is 4.92 Å². The average Bonchev–Trinajstić information content (AvgIpc) is 3.19. The Hall–Kier alpha value is -4.00. The van der Waals surface area contributed by atoms with Crippen LogP contribution in [0.15, 0.2) is 77.3 Å². The molecule has 200 valence electrons. The molecule has 0 amide bonds. The van der Waals surface area contributed by atoms with E-state index in [1.54, 1.807) is 12.1 Å². The van der Waals surface area contributed by atoms with Crippen molar-refractivity contribution in [1.82, 2.24) is 9.88 Å². The molecule has 0 saturated heterocycles. The summed E-state index contributed by atoms with van der Waals surface area (Å²) < 4.78 is 2.08. The number of hydrogen-bond donors (Lipinski definition) is 1. The summed E-state index contributed by atoms with van der Waals surface area (Å²) >= 11 is 0. The lowest BCUT2D eigenvalue weighted by Crippen LogP contribution is -2.42. The van der Waals surface area contributed by atoms with E-state index in [0.717, 1.165) is 57.4 Å². The van der Waals surface area contributed by atoms with Crippen molar-refractivity contribution in [1.29, 1.82) is 0 Å². The van der Waals surface area contributed by atoms with Crippen LogP contribution in [0.4, 0.5) is 5.69 Å². The number of para-hydroxylation sites is 1. The molecule has 6 rings (SSSR count). The molecule has 0 spiro atoms. The number of carbonyl (C=O) groups excluding carboxylic acids is 2. The predicted molar refractivity (Wildman–Crippen MR) is 150 cm³/mol. The fourth-order valence-electron chi connectivity index (χ4n) is 6.80. The van der Waals surface area contributed by atoms with Crippen molar-refractivity contribution in [2.45, 2.75) is 65.8 Å². The van der Waals surface area contributed by atoms with E-state index in [1.165, 1.54) is 6.07 Å². The van der Waals surface area contributed by atoms with Crippen LogP contribution in [0.25, 0.3) is 10.9 Å². The van der Waals surface area contributed by atoms with E-state index in [9.17, 15) is 19.7 Å². The summed E-state index contributed by atoms with van der Waals surface area (Å²) in [5, 5.41) is 15.9. The number of Topliss-reactive ketones (excluding diaryl/α,β-unsaturated/α-hetero) is 2. The number of benzene rings is 2. The molecule has 0 fully saturated rings. The fourth-order valence-corrected chi connectivity index (χ4v) is 6.80. The lowest BCUT2D eigenvalue weighted by atomic mass is 9.64. The van der Waals surface area contributed by atoms with E-state index in [1.807, 2.05) is 30.3 Å². The monoisotopic (exact) mass is 523 g/mol. The van der Waals surface area contributed by atoms with Crippen LogP contribution >= 0.6 is 0 Å². The number of non-ortho nitro benzene ring substituents is 1. The normalized spacial score (nSPS) is 20.6. The number of nitrogens with zero attached hydrogens (tertiary/aromatic N) is 2. The number of ketones is 2. The van der Waals surface area contributed by atoms with Crippen LogP contribution in [0.5, 0.6) is 0 Å². The highest BCUT2D eigenvalue weighted by Gasteiger charge is 2.47. The van der Waals surface area contributed by atoms with Crippen molar-refractivity contribution in [3.63, 3.8) is 0 Å². The van der Waals surface area contributed by atoms with Gasteiger partial charge in [-0.3, -0.25) is 19.7 Å². The zero-order valence-corrected chi connectivity index (χ0v) is 22.8. The Labute approximate surface area is 227 Å². The standard InChI is InChI=1S/C32H33N3O4/c1-31(2)13-23-29(26(36)15-31)28(30-24(33-23)14-32(3,4)16-27(30)37)22-18-34(25-11-6-5-10-21(22)25)17-19-8-7-9-20(12-19)35(38)39/h5-12,18,28,33H,13-17H2,1-4H3. The molecule has 0 radical (unpaired) electrons. The number of hydrogen-bond acceptors (Lipinski definition) is 5. The Morgan fingerprint density at radius 1 is 0.897 bits per heavy atom. The van der Waals surface area contributed by atoms with Gasteiger partial charge in [0.1, 0.15) is 0 Å². The van der Waals surface area contributed by atoms with E-state index in [4.69, 9.17) is 0 Å². The lowest BCUT2D eigenvalue weighted by Gasteiger charge is -2.43. The van der Waals surface area contributed by atoms with E-state index in [0.29, 0.717) is 19.4 Å². The van der Waals surface area contributed by atoms with Gasteiger partial charge in [0.15, 0.2) is 11.6 Å². The van der Waals surface area contributed by atoms with Gasteiger partial charge in [-0.05, 0) is 40.9 Å². The second-order valence-corrected chi connectivity index (χ2v) is 12.9. The summed E-state index contributed by atoms with van der Waals surface area (Å²) in [4.78, 5) is 38.5. The summed E-state index contributed by atoms with van der Waals surface area (Å²) in [6, 6.07) is 14.7. The summed E-state index contributed by atoms with van der Waals surface area (Å²) in [6.45, 7) is 8.92. The SMILES string of the molecule is CC1(C)CC(=O)C2=C(C1)NC1=C(C(=O)CC(C)(C)C1)C2c1cn(Cc2cccc([N+](=O)[O-])c2)c2ccccc12. The summed E-state index contributed by atoms with van der Waals surface area (Å²) in [5.74, 6) is -0.239. The molecule has 7 nitrogen and oxygen atoms in total. The van der Waals surface area contributed by atoms with Crippen LogP contribution in [0, 0.1) is 20.9 Å². The molecule has 2 heterocycles. The van der Waals surface area contributed by atoms with Gasteiger partial charge in [0, 0.05) is 77.1 Å². The van der Waals surface area contributed by atoms with Crippen molar-refractivity contribution in [3.05, 3.63) is 98.5 Å². The number of carbonyl (C=O) groups is 2. The van der Waals surface area contributed by atoms with E-state index >= 15 is 0 Å². The Morgan fingerprint density at radius 2 is 1.51 bits per heavy atom. The molecular formula is C32H33N3O4. The Bertz CT molecular complexity index is 1580. The molecule has 0 bridgehead atoms. The van der Waals surface area contributed by atoms with Crippen molar-refractivity contribution in [2.75, 3.05) is 0 Å². The quantitative estimate of drug-likeness (QED) is 0.308. The highest BCUT2D eigenvalue weighted by Crippen LogP contribution is 2.52. The van der Waals surface area contributed by atoms with E-state index in [-0.39, 0.29) is 33.0 Å². The first kappa shape index (κ1) is 25.3. The predicted octanol–water partition coefficient (Wildman–Crippen LogP) is 6.57. The molecule has 1 aliphatic heterocycles. The van der Waals surface area contributed by atoms with Crippen LogP contribution in [-0.4, -0.2) is 21.1 Å². The zero-order valence-electron chi connectivity index (χ0n) is 22.8. The minimum absolute atomic E-state index is 0.0537. The maximum absolute atomic E-state index is 13.8. The zero-order chi connectivity index (χ0) is 27.7. The second-order valence-electron chi connectivity index (χ2n) is 12.9. The van der Waals surface area contributed by atoms with Gasteiger partial charge < -0.3 is 9.88 Å². The fraction of sp³-hybridized carbons (Fsp3) is 0.375. The largest absolute Gasteiger partial charge is 0.362 e. The smallest absolute Gasteiger partial charge is 0.269 e. The van der Waals surface area contributed by atoms with Gasteiger partial charge in [-0.2, -0.15) is 0 Å². The molecule has 0 unspecified atom stereocenters. The maximum atomic E-state index is 13.8. The van der Waals surface area contributed by atoms with E-state index in [2.05, 4.69) is 43.8 Å². The third-order valence-electron chi connectivity index (χ3n) is 8.32. The molecule has 1 N–H and O–H groups in total. The number of allylic oxidation sites excluding steroid dienone is 4. The first-order valence-corrected chi connectivity index (χ1v) is 13.5. The second kappa shape index (κ2) is 8.76. The third kappa shape index (κ3) is 4.40. The highest BCUT2D eigenvalue weighted by atomic mass is 16.6. The van der Waals surface area contributed by atoms with Gasteiger partial charge >= 0.3 is 0 Å². The number of nitro benzene ring substituents is 1. The van der Waals surface area contributed by atoms with Crippen molar-refractivity contribution in [2.24, 2.45) is 10.8 Å². The first-order chi connectivity index (χ1) is 18.4. The van der Waals surface area contributed by atoms with Crippen LogP contribution in [-0.2, 0) is 16.1 Å². The van der Waals surface area contributed by atoms with Gasteiger partial charge in [0.25, 0.3) is 5.69 Å². The molecular weight excluding hydrogens is 490 g/mol. The van der Waals surface area contributed by atoms with Gasteiger partial charge in [0.2, 0.25) is 0 Å². The molecule has 0 atom stereocenters. The summed E-state index contributed by atoms with van der Waals surface area (Å²) in [7, 11) is 0. The number of aromatic nitrogens is 1. The average molecular weight is 524 g/mol. The lowest BCUT2D eigenvalue weighted by molar-refractivity contribution is -0.384. The summed E-state index contributed by atoms with van der Waals surface area (Å²) in [6.07, 6.45) is 4.44. The van der Waals surface area contributed by atoms with Gasteiger partial charge in [-0.1, -0.05) is 58.0 Å². The maximum Gasteiger partial charge on any atom is 0.269 e. The molecule has 2 aliphatic carbocycles. The first-order valence-electron chi connectivity index (χ1n) is 13.5. The van der Waals surface area contributed by atoms with Gasteiger partial charge in [-0.25, -0.2) is 0 Å². The number of dihydropyridines is 1. The number of fused-ring (bicyclic) bond motifs is 1. The molecule has 1 aromatic heterocycles. The van der Waals surface area contributed by atoms with Crippen LogP contribution in [0.3, 0.4) is 0 Å². The van der Waals surface area contributed by atoms with Crippen LogP contribution < -0.4 is 5.32 Å². The highest BCUT2D eigenvalue weighted by molar-refractivity contribution is 6.08. The molecule has 3 aliphatic rings. The Morgan fingerprint density at radius 3 is 2.13 bits per heavy atom. The molecule has 0 saturated carbocycles. The van der Waals surface area contributed by atoms with Crippen LogP contribution in [0.2, 0.25) is 0 Å². The minimum Gasteiger partial charge on any atom is -0.362 e. The molecule has 39 heavy (non-hydrogen) atoms. The molecule has 7 heteroatoms. The Kier molecular flexibility index (Phi) is 5.68. The minimum atomic E-state index is -0.431. The number of nitrogens with one attached hydrogen (secondary N) is 1. The van der Waals surface area contributed by atoms with E-state index < -0.39 is 5.92 Å². The van der Waals surface area contributed by atoms with Crippen molar-refractivity contribution in [3.8, 4) is 0 Å². The van der Waals surface area contributed by atoms with Crippen LogP contribution in [0.1, 0.15) is 70.4 Å². The van der Waals surface area contributed by atoms with Crippen molar-refractivity contribution < 1.29 is 14.5 Å². The van der Waals surface area contributed by atoms with Gasteiger partial charge in [-0.15, -0.1) is 0 Å². The third-order valence-corrected chi connectivity index (χ3v) is 8.32. The molecule has 2 aromatic carbocycles. The van der Waals surface area contributed by atoms with Crippen molar-refractivity contribution >= 4 is 28.2 Å². The molecule has 3 aromatic rings. The number of nitro groups is 1. The topological polar surface area (TPSA) is 94.2 Å². The summed E-state index contributed by atoms with van der Waals surface area (Å²) in [5.41, 5.74) is 5.80.